The molecule has 2 rings (SSSR count). The molecule has 0 radical (unpaired) electrons. The van der Waals surface area contributed by atoms with Gasteiger partial charge in [-0.15, -0.1) is 12.8 Å². The molecule has 0 fully saturated rings. The fourth-order valence-corrected chi connectivity index (χ4v) is 1.48. The van der Waals surface area contributed by atoms with Crippen LogP contribution in [0.5, 0.6) is 0 Å². The molecule has 0 bridgehead atoms. The molecule has 2 aliphatic carbocycles. The summed E-state index contributed by atoms with van der Waals surface area (Å²) < 4.78 is 0. The molecule has 23 heavy (non-hydrogen) atoms. The van der Waals surface area contributed by atoms with Crippen LogP contribution in [0.25, 0.3) is 10.6 Å². The first-order valence-electron chi connectivity index (χ1n) is 8.36. The van der Waals surface area contributed by atoms with E-state index in [4.69, 9.17) is 0 Å². The maximum atomic E-state index is 3.97. The van der Waals surface area contributed by atoms with E-state index in [0.717, 1.165) is 39.0 Å². The van der Waals surface area contributed by atoms with Crippen LogP contribution >= 0.6 is 0 Å². The van der Waals surface area contributed by atoms with Crippen LogP contribution in [0.3, 0.4) is 0 Å². The minimum absolute atomic E-state index is 0. The molecule has 0 aromatic heterocycles. The largest absolute Gasteiger partial charge is 4.00 e. The van der Waals surface area contributed by atoms with E-state index in [0.29, 0.717) is 0 Å². The number of allylic oxidation sites excluding steroid dienone is 8. The summed E-state index contributed by atoms with van der Waals surface area (Å²) in [6, 6.07) is 0. The van der Waals surface area contributed by atoms with E-state index in [2.05, 4.69) is 60.9 Å². The minimum Gasteiger partial charge on any atom is -0.663 e. The van der Waals surface area contributed by atoms with Gasteiger partial charge < -0.3 is 10.6 Å². The molecule has 0 aliphatic heterocycles. The van der Waals surface area contributed by atoms with Gasteiger partial charge in [-0.05, 0) is 0 Å². The van der Waals surface area contributed by atoms with Gasteiger partial charge >= 0.3 is 25.8 Å². The smallest absolute Gasteiger partial charge is 0.663 e. The van der Waals surface area contributed by atoms with E-state index >= 15 is 0 Å². The molecule has 2 aliphatic rings. The van der Waals surface area contributed by atoms with E-state index in [-0.39, 0.29) is 25.8 Å². The molecule has 0 heterocycles. The first-order chi connectivity index (χ1) is 10.6. The quantitative estimate of drug-likeness (QED) is 0.339. The molecule has 0 unspecified atom stereocenters. The average Bonchev–Trinajstić information content (AvgIpc) is 3.16. The number of nitrogens with zero attached hydrogens (tertiary/aromatic N) is 2. The van der Waals surface area contributed by atoms with Crippen LogP contribution < -0.4 is 0 Å². The molecular formula is C20H34HfN2. The Kier molecular flexibility index (Phi) is 28.8. The Bertz CT molecular complexity index is 298. The normalized spacial score (nSPS) is 13.3. The number of hydrogen-bond acceptors (Lipinski definition) is 0. The van der Waals surface area contributed by atoms with E-state index in [1.165, 1.54) is 11.1 Å². The van der Waals surface area contributed by atoms with Crippen LogP contribution in [0.2, 0.25) is 0 Å². The van der Waals surface area contributed by atoms with E-state index in [1.807, 2.05) is 27.7 Å². The second-order valence-electron chi connectivity index (χ2n) is 4.64. The Morgan fingerprint density at radius 1 is 0.739 bits per heavy atom. The Morgan fingerprint density at radius 3 is 1.09 bits per heavy atom. The van der Waals surface area contributed by atoms with Crippen molar-refractivity contribution in [3.8, 4) is 0 Å². The van der Waals surface area contributed by atoms with Gasteiger partial charge in [0, 0.05) is 0 Å². The van der Waals surface area contributed by atoms with Crippen molar-refractivity contribution in [2.75, 3.05) is 26.2 Å². The van der Waals surface area contributed by atoms with E-state index in [1.54, 1.807) is 0 Å². The summed E-state index contributed by atoms with van der Waals surface area (Å²) in [5.74, 6) is 0. The van der Waals surface area contributed by atoms with Gasteiger partial charge in [-0.2, -0.15) is 38.3 Å². The zero-order valence-corrected chi connectivity index (χ0v) is 19.5. The molecule has 0 saturated carbocycles. The van der Waals surface area contributed by atoms with Crippen molar-refractivity contribution in [1.29, 1.82) is 0 Å². The third kappa shape index (κ3) is 26.9. The zero-order chi connectivity index (χ0) is 17.1. The number of hydrogen-bond donors (Lipinski definition) is 0. The predicted octanol–water partition coefficient (Wildman–Crippen LogP) is 6.19. The van der Waals surface area contributed by atoms with Gasteiger partial charge in [-0.3, -0.25) is 12.2 Å². The van der Waals surface area contributed by atoms with Crippen molar-refractivity contribution < 1.29 is 25.8 Å². The maximum absolute atomic E-state index is 3.97. The summed E-state index contributed by atoms with van der Waals surface area (Å²) in [7, 11) is 0. The predicted molar refractivity (Wildman–Crippen MR) is 101 cm³/mol. The minimum atomic E-state index is 0. The maximum Gasteiger partial charge on any atom is 4.00 e. The van der Waals surface area contributed by atoms with Crippen molar-refractivity contribution in [2.24, 2.45) is 0 Å². The zero-order valence-electron chi connectivity index (χ0n) is 15.9. The van der Waals surface area contributed by atoms with Gasteiger partial charge in [0.05, 0.1) is 0 Å². The third-order valence-corrected chi connectivity index (χ3v) is 2.63. The fourth-order valence-electron chi connectivity index (χ4n) is 1.48. The molecule has 0 atom stereocenters. The second kappa shape index (κ2) is 24.0. The number of rotatable bonds is 4. The van der Waals surface area contributed by atoms with Crippen LogP contribution in [-0.2, 0) is 25.8 Å². The van der Waals surface area contributed by atoms with Gasteiger partial charge in [-0.25, -0.2) is 23.3 Å². The third-order valence-electron chi connectivity index (χ3n) is 2.63. The average molecular weight is 481 g/mol. The van der Waals surface area contributed by atoms with Crippen LogP contribution in [0, 0.1) is 12.2 Å². The summed E-state index contributed by atoms with van der Waals surface area (Å²) in [5.41, 5.74) is 2.55. The molecule has 3 heteroatoms. The van der Waals surface area contributed by atoms with Crippen LogP contribution in [0.15, 0.2) is 35.5 Å². The fraction of sp³-hybridized carbons (Fsp3) is 0.600. The van der Waals surface area contributed by atoms with Crippen molar-refractivity contribution in [2.45, 2.75) is 54.4 Å². The van der Waals surface area contributed by atoms with Crippen molar-refractivity contribution >= 4 is 0 Å². The summed E-state index contributed by atoms with van der Waals surface area (Å²) >= 11 is 0. The topological polar surface area (TPSA) is 28.2 Å². The van der Waals surface area contributed by atoms with Gasteiger partial charge in [0.1, 0.15) is 0 Å². The van der Waals surface area contributed by atoms with Crippen molar-refractivity contribution in [3.05, 3.63) is 58.2 Å². The van der Waals surface area contributed by atoms with E-state index < -0.39 is 0 Å². The molecule has 128 valence electrons. The molecular weight excluding hydrogens is 447 g/mol. The molecule has 0 aromatic carbocycles. The van der Waals surface area contributed by atoms with Crippen molar-refractivity contribution in [3.63, 3.8) is 0 Å². The molecule has 2 nitrogen and oxygen atoms in total. The first kappa shape index (κ1) is 27.6. The van der Waals surface area contributed by atoms with Crippen LogP contribution in [-0.4, -0.2) is 26.2 Å². The summed E-state index contributed by atoms with van der Waals surface area (Å²) in [4.78, 5) is 0. The Morgan fingerprint density at radius 2 is 1.04 bits per heavy atom. The second-order valence-corrected chi connectivity index (χ2v) is 4.64. The molecule has 0 spiro atoms. The standard InChI is InChI=1S/2C6H7.2C4H10N.Hf/c2*1-6-4-2-3-5-6;2*1-3-5-4-2;/h2*2,4H,3H2,1H3;2*3-4H2,1-2H3;/q4*-1;+4. The van der Waals surface area contributed by atoms with Gasteiger partial charge in [-0.1, -0.05) is 41.5 Å². The molecule has 0 aromatic rings. The Hall–Kier alpha value is -0.250. The summed E-state index contributed by atoms with van der Waals surface area (Å²) in [6.07, 6.45) is 16.7. The van der Waals surface area contributed by atoms with Crippen LogP contribution in [0.1, 0.15) is 54.4 Å². The van der Waals surface area contributed by atoms with Gasteiger partial charge in [0.15, 0.2) is 0 Å². The van der Waals surface area contributed by atoms with Gasteiger partial charge in [0.2, 0.25) is 0 Å². The monoisotopic (exact) mass is 482 g/mol. The molecule has 0 amide bonds. The SMILES string of the molecule is CC1=[C-]CC=C1.CC1=[C-]CC=C1.CC[N-]CC.CC[N-]CC.[Hf+4]. The Balaban J connectivity index is -0.000000230. The Labute approximate surface area is 164 Å². The summed E-state index contributed by atoms with van der Waals surface area (Å²) in [5, 5.41) is 7.94. The van der Waals surface area contributed by atoms with Crippen LogP contribution in [0.4, 0.5) is 0 Å². The van der Waals surface area contributed by atoms with Crippen molar-refractivity contribution in [1.82, 2.24) is 0 Å². The first-order valence-corrected chi connectivity index (χ1v) is 8.36. The molecule has 0 N–H and O–H groups in total. The van der Waals surface area contributed by atoms with Gasteiger partial charge in [0.25, 0.3) is 0 Å². The van der Waals surface area contributed by atoms with E-state index in [9.17, 15) is 0 Å². The summed E-state index contributed by atoms with van der Waals surface area (Å²) in [6.45, 7) is 16.2. The molecule has 0 saturated heterocycles.